The van der Waals surface area contributed by atoms with E-state index in [2.05, 4.69) is 84.8 Å². The van der Waals surface area contributed by atoms with Gasteiger partial charge in [0.05, 0.1) is 0 Å². The number of halogens is 2. The van der Waals surface area contributed by atoms with Crippen molar-refractivity contribution in [1.29, 1.82) is 0 Å². The molecule has 1 N–H and O–H groups in total. The number of benzene rings is 1. The third kappa shape index (κ3) is 33.2. The smallest absolute Gasteiger partial charge is 0.0745 e. The van der Waals surface area contributed by atoms with E-state index < -0.39 is 0 Å². The fourth-order valence-electron chi connectivity index (χ4n) is 1.27. The summed E-state index contributed by atoms with van der Waals surface area (Å²) in [4.78, 5) is 2.99. The van der Waals surface area contributed by atoms with Gasteiger partial charge in [-0.05, 0) is 0 Å². The van der Waals surface area contributed by atoms with Gasteiger partial charge in [0.1, 0.15) is 0 Å². The average molecular weight is 502 g/mol. The maximum Gasteiger partial charge on any atom is -0.0745 e. The van der Waals surface area contributed by atoms with Crippen LogP contribution in [0.2, 0.25) is 0 Å². The van der Waals surface area contributed by atoms with Crippen LogP contribution in [0.1, 0.15) is 61.8 Å². The van der Waals surface area contributed by atoms with Crippen LogP contribution in [0, 0.1) is 24.1 Å². The van der Waals surface area contributed by atoms with Crippen molar-refractivity contribution in [2.75, 3.05) is 0 Å². The normalized spacial score (nSPS) is 9.89. The van der Waals surface area contributed by atoms with Gasteiger partial charge in [0.2, 0.25) is 0 Å². The van der Waals surface area contributed by atoms with Gasteiger partial charge in [0, 0.05) is 0 Å². The predicted molar refractivity (Wildman–Crippen MR) is 130 cm³/mol. The topological polar surface area (TPSA) is 15.8 Å². The zero-order valence-corrected chi connectivity index (χ0v) is 22.7. The Balaban J connectivity index is -0.000000134. The molecule has 0 saturated carbocycles. The second kappa shape index (κ2) is 24.6. The van der Waals surface area contributed by atoms with Gasteiger partial charge in [-0.1, -0.05) is 12.1 Å². The minimum absolute atomic E-state index is 0. The molecule has 2 aromatic rings. The van der Waals surface area contributed by atoms with E-state index in [0.29, 0.717) is 0 Å². The van der Waals surface area contributed by atoms with Gasteiger partial charge in [0.15, 0.2) is 0 Å². The maximum atomic E-state index is 2.99. The summed E-state index contributed by atoms with van der Waals surface area (Å²) in [7, 11) is 0. The van der Waals surface area contributed by atoms with Crippen LogP contribution in [0.15, 0.2) is 48.6 Å². The molecule has 1 heterocycles. The number of hydrogen-bond acceptors (Lipinski definition) is 0. The van der Waals surface area contributed by atoms with Crippen LogP contribution in [-0.4, -0.2) is 8.19 Å². The molecule has 0 bridgehead atoms. The number of aromatic nitrogens is 1. The molecule has 0 amide bonds. The number of allylic oxidation sites excluding steroid dienone is 4. The Labute approximate surface area is 201 Å². The molecule has 1 aliphatic rings. The molecule has 0 saturated heterocycles. The van der Waals surface area contributed by atoms with Gasteiger partial charge in [-0.15, -0.1) is 55.1 Å². The Kier molecular flexibility index (Phi) is 30.8. The first-order valence-corrected chi connectivity index (χ1v) is 10.1. The summed E-state index contributed by atoms with van der Waals surface area (Å²) in [5, 5.41) is 1.22. The van der Waals surface area contributed by atoms with E-state index in [1.807, 2.05) is 36.4 Å². The third-order valence-corrected chi connectivity index (χ3v) is 1.98. The van der Waals surface area contributed by atoms with Crippen LogP contribution in [0.3, 0.4) is 0 Å². The maximum absolute atomic E-state index is 2.99. The van der Waals surface area contributed by atoms with Gasteiger partial charge >= 0.3 is 41.3 Å². The minimum Gasteiger partial charge on any atom is -0.477 e. The van der Waals surface area contributed by atoms with Crippen molar-refractivity contribution in [1.82, 2.24) is 4.98 Å². The molecule has 0 radical (unpaired) electrons. The first-order chi connectivity index (χ1) is 12.2. The molecule has 1 aromatic carbocycles. The molecule has 1 aromatic heterocycles. The summed E-state index contributed by atoms with van der Waals surface area (Å²) in [5.74, 6) is 2.83. The van der Waals surface area contributed by atoms with Crippen molar-refractivity contribution < 1.29 is 24.2 Å². The third-order valence-electron chi connectivity index (χ3n) is 1.98. The molecular weight excluding hydrogens is 464 g/mol. The van der Waals surface area contributed by atoms with Crippen LogP contribution in [0.5, 0.6) is 0 Å². The van der Waals surface area contributed by atoms with E-state index in [9.17, 15) is 0 Å². The summed E-state index contributed by atoms with van der Waals surface area (Å²) in [6.07, 6.45) is 12.9. The van der Waals surface area contributed by atoms with Crippen LogP contribution < -0.4 is 0 Å². The number of aromatic amines is 1. The Hall–Kier alpha value is -0.427. The van der Waals surface area contributed by atoms with Crippen LogP contribution in [-0.2, 0) is 24.2 Å². The van der Waals surface area contributed by atoms with E-state index in [1.54, 1.807) is 24.2 Å². The van der Waals surface area contributed by atoms with Crippen molar-refractivity contribution in [3.05, 3.63) is 72.7 Å². The number of para-hydroxylation sites is 1. The van der Waals surface area contributed by atoms with Crippen LogP contribution in [0.25, 0.3) is 10.9 Å². The minimum atomic E-state index is 0. The van der Waals surface area contributed by atoms with Crippen molar-refractivity contribution in [2.24, 2.45) is 0 Å². The number of H-pyrrole nitrogens is 1. The largest absolute Gasteiger partial charge is 0.477 e. The van der Waals surface area contributed by atoms with Crippen molar-refractivity contribution in [3.63, 3.8) is 0 Å². The first kappa shape index (κ1) is 35.0. The molecule has 0 fully saturated rings. The van der Waals surface area contributed by atoms with E-state index in [-0.39, 0.29) is 24.8 Å². The van der Waals surface area contributed by atoms with Gasteiger partial charge in [-0.25, -0.2) is 12.2 Å². The molecule has 3 rings (SSSR count). The standard InChI is InChI=1S/C8H6N.C5H5.2C4H9.C3H6.2ClH.Zr/c1-2-4-8-7(3-1)5-6-9-8;1-2-4-5-3-1;2*1-4(2)3;1-3-2;;;/h1-5,9H;1-3H,4H2;2*1-3H3;1-2H3;2*1H;/q4*-1;;;;. The molecule has 0 aliphatic heterocycles. The molecule has 28 heavy (non-hydrogen) atoms. The monoisotopic (exact) mass is 499 g/mol. The second-order valence-electron chi connectivity index (χ2n) is 7.00. The Morgan fingerprint density at radius 2 is 1.43 bits per heavy atom. The van der Waals surface area contributed by atoms with Gasteiger partial charge < -0.3 is 16.8 Å². The van der Waals surface area contributed by atoms with E-state index >= 15 is 0 Å². The first-order valence-electron chi connectivity index (χ1n) is 8.87. The van der Waals surface area contributed by atoms with Crippen molar-refractivity contribution in [2.45, 2.75) is 61.8 Å². The molecule has 0 unspecified atom stereocenters. The zero-order chi connectivity index (χ0) is 20.4. The van der Waals surface area contributed by atoms with Crippen molar-refractivity contribution in [3.8, 4) is 0 Å². The van der Waals surface area contributed by atoms with Crippen LogP contribution >= 0.6 is 24.8 Å². The second-order valence-corrected chi connectivity index (χ2v) is 9.46. The van der Waals surface area contributed by atoms with Crippen molar-refractivity contribution >= 4 is 38.9 Å². The molecule has 1 nitrogen and oxygen atoms in total. The summed E-state index contributed by atoms with van der Waals surface area (Å²) >= 11 is 1.55. The fourth-order valence-corrected chi connectivity index (χ4v) is 1.27. The average Bonchev–Trinajstić information content (AvgIpc) is 3.20. The van der Waals surface area contributed by atoms with E-state index in [0.717, 1.165) is 11.9 Å². The molecule has 160 valence electrons. The molecule has 0 atom stereocenters. The number of rotatable bonds is 0. The summed E-state index contributed by atoms with van der Waals surface area (Å²) < 4.78 is 1.51. The summed E-state index contributed by atoms with van der Waals surface area (Å²) in [6.45, 7) is 16.7. The molecule has 4 heteroatoms. The number of hydrogen-bond donors (Lipinski definition) is 1. The van der Waals surface area contributed by atoms with Gasteiger partial charge in [0.25, 0.3) is 0 Å². The predicted octanol–water partition coefficient (Wildman–Crippen LogP) is 8.10. The Morgan fingerprint density at radius 3 is 1.75 bits per heavy atom. The zero-order valence-electron chi connectivity index (χ0n) is 18.6. The fraction of sp³-hybridized carbons (Fsp3) is 0.375. The number of nitrogens with one attached hydrogen (secondary N) is 1. The van der Waals surface area contributed by atoms with E-state index in [1.165, 1.54) is 20.4 Å². The Morgan fingerprint density at radius 1 is 0.964 bits per heavy atom. The van der Waals surface area contributed by atoms with E-state index in [4.69, 9.17) is 0 Å². The molecular formula is C24H37Cl2NZr-4. The molecule has 1 aliphatic carbocycles. The van der Waals surface area contributed by atoms with Crippen LogP contribution in [0.4, 0.5) is 0 Å². The molecule has 0 spiro atoms. The van der Waals surface area contributed by atoms with Gasteiger partial charge in [-0.3, -0.25) is 6.08 Å². The quantitative estimate of drug-likeness (QED) is 0.351. The number of fused-ring (bicyclic) bond motifs is 1. The summed E-state index contributed by atoms with van der Waals surface area (Å²) in [6, 6.07) is 10.1. The van der Waals surface area contributed by atoms with Gasteiger partial charge in [-0.2, -0.15) is 59.1 Å². The SMILES string of the molecule is C[C-](C)C.C[C-](C)C.C[C](C)=[Zr].Cl.Cl.[C-]1=CC=CC1.[c-]1cc2ccccc2[nH]1. The summed E-state index contributed by atoms with van der Waals surface area (Å²) in [5.41, 5.74) is 1.15. The Bertz CT molecular complexity index is 573.